The number of esters is 1. The van der Waals surface area contributed by atoms with E-state index in [2.05, 4.69) is 22.5 Å². The van der Waals surface area contributed by atoms with Crippen LogP contribution in [-0.2, 0) is 38.6 Å². The number of carbonyl (C=O) groups is 2. The molecule has 4 aromatic carbocycles. The molecule has 2 amide bonds. The Balaban J connectivity index is 1.11. The predicted molar refractivity (Wildman–Crippen MR) is 193 cm³/mol. The fraction of sp³-hybridized carbons (Fsp3) is 0.366. The van der Waals surface area contributed by atoms with E-state index in [4.69, 9.17) is 14.2 Å². The fourth-order valence-corrected chi connectivity index (χ4v) is 6.83. The highest BCUT2D eigenvalue weighted by Crippen LogP contribution is 2.42. The quantitative estimate of drug-likeness (QED) is 0.148. The van der Waals surface area contributed by atoms with E-state index in [9.17, 15) is 19.8 Å². The lowest BCUT2D eigenvalue weighted by atomic mass is 9.90. The lowest BCUT2D eigenvalue weighted by molar-refractivity contribution is -0.276. The summed E-state index contributed by atoms with van der Waals surface area (Å²) in [6, 6.07) is 32.2. The van der Waals surface area contributed by atoms with E-state index < -0.39 is 24.3 Å². The molecule has 0 unspecified atom stereocenters. The molecule has 0 aliphatic carbocycles. The van der Waals surface area contributed by atoms with Gasteiger partial charge in [-0.05, 0) is 45.9 Å². The molecule has 0 aromatic heterocycles. The van der Waals surface area contributed by atoms with E-state index in [1.807, 2.05) is 103 Å². The summed E-state index contributed by atoms with van der Waals surface area (Å²) in [6.45, 7) is 4.59. The molecule has 4 N–H and O–H groups in total. The number of carbonyl (C=O) groups excluding carboxylic acids is 2. The highest BCUT2D eigenvalue weighted by molar-refractivity contribution is 5.83. The molecule has 0 bridgehead atoms. The van der Waals surface area contributed by atoms with E-state index in [1.54, 1.807) is 0 Å². The van der Waals surface area contributed by atoms with Crippen molar-refractivity contribution in [3.05, 3.63) is 131 Å². The number of urea groups is 1. The zero-order valence-corrected chi connectivity index (χ0v) is 29.1. The van der Waals surface area contributed by atoms with Gasteiger partial charge in [0.2, 0.25) is 0 Å². The van der Waals surface area contributed by atoms with E-state index in [0.717, 1.165) is 51.9 Å². The molecule has 4 aromatic rings. The molecule has 51 heavy (non-hydrogen) atoms. The second kappa shape index (κ2) is 17.1. The van der Waals surface area contributed by atoms with Crippen molar-refractivity contribution in [3.8, 4) is 11.1 Å². The normalized spacial score (nSPS) is 22.6. The van der Waals surface area contributed by atoms with Crippen LogP contribution in [0.3, 0.4) is 0 Å². The van der Waals surface area contributed by atoms with Crippen molar-refractivity contribution in [2.24, 2.45) is 5.92 Å². The van der Waals surface area contributed by atoms with Crippen LogP contribution in [0, 0.1) is 5.92 Å². The van der Waals surface area contributed by atoms with Gasteiger partial charge >= 0.3 is 12.0 Å². The molecule has 10 nitrogen and oxygen atoms in total. The second-order valence-corrected chi connectivity index (χ2v) is 13.4. The average Bonchev–Trinajstić information content (AvgIpc) is 3.58. The van der Waals surface area contributed by atoms with Crippen molar-refractivity contribution in [2.45, 2.75) is 63.6 Å². The van der Waals surface area contributed by atoms with Crippen molar-refractivity contribution in [1.82, 2.24) is 15.5 Å². The molecule has 2 aliphatic rings. The van der Waals surface area contributed by atoms with Crippen LogP contribution in [0.15, 0.2) is 103 Å². The van der Waals surface area contributed by atoms with Crippen LogP contribution < -0.4 is 10.6 Å². The molecular weight excluding hydrogens is 646 g/mol. The van der Waals surface area contributed by atoms with Crippen molar-refractivity contribution in [2.75, 3.05) is 26.7 Å². The number of benzene rings is 4. The average molecular weight is 694 g/mol. The van der Waals surface area contributed by atoms with Crippen molar-refractivity contribution >= 4 is 12.0 Å². The van der Waals surface area contributed by atoms with Gasteiger partial charge in [-0.3, -0.25) is 4.90 Å². The number of aliphatic hydroxyl groups is 2. The van der Waals surface area contributed by atoms with Gasteiger partial charge in [0.15, 0.2) is 6.29 Å². The Kier molecular flexibility index (Phi) is 12.1. The highest BCUT2D eigenvalue weighted by Gasteiger charge is 2.40. The largest absolute Gasteiger partial charge is 0.467 e. The van der Waals surface area contributed by atoms with Crippen LogP contribution in [0.2, 0.25) is 0 Å². The minimum atomic E-state index is -0.812. The topological polar surface area (TPSA) is 130 Å². The fourth-order valence-electron chi connectivity index (χ4n) is 6.83. The molecule has 0 saturated carbocycles. The Bertz CT molecular complexity index is 1730. The summed E-state index contributed by atoms with van der Waals surface area (Å²) in [5.41, 5.74) is 6.60. The number of hydrogen-bond acceptors (Lipinski definition) is 8. The van der Waals surface area contributed by atoms with E-state index in [-0.39, 0.29) is 37.4 Å². The SMILES string of the molecule is COC(=O)[C@H](Cc1ccccc1)NC(=O)NCc1cccc(-c2ccc([C@H]3O[C@@H](CN4CC[C@H](O)C4)[C@@H](C)[C@@H](c4ccc(CO)cc4)O3)cc2)c1. The number of nitrogens with zero attached hydrogens (tertiary/aromatic N) is 1. The third kappa shape index (κ3) is 9.40. The Labute approximate surface area is 299 Å². The summed E-state index contributed by atoms with van der Waals surface area (Å²) in [7, 11) is 1.31. The Morgan fingerprint density at radius 1 is 0.882 bits per heavy atom. The van der Waals surface area contributed by atoms with Gasteiger partial charge in [0.25, 0.3) is 0 Å². The lowest BCUT2D eigenvalue weighted by Gasteiger charge is -2.42. The zero-order chi connectivity index (χ0) is 35.7. The van der Waals surface area contributed by atoms with Crippen LogP contribution in [0.25, 0.3) is 11.1 Å². The molecule has 0 spiro atoms. The standard InChI is InChI=1S/C41H47N3O7/c1-27-37(25-44-20-19-35(46)24-44)50-40(51-38(27)32-13-11-29(26-45)12-14-32)33-17-15-31(16-18-33)34-10-6-9-30(21-34)23-42-41(48)43-36(39(47)49-2)22-28-7-4-3-5-8-28/h3-18,21,27,35-38,40,45-46H,19-20,22-26H2,1-2H3,(H2,42,43,48)/t27-,35+,36+,37+,38+,40+/m1/s1. The van der Waals surface area contributed by atoms with Crippen molar-refractivity contribution < 1.29 is 34.0 Å². The van der Waals surface area contributed by atoms with Gasteiger partial charge in [-0.25, -0.2) is 9.59 Å². The molecular formula is C41H47N3O7. The number of nitrogens with one attached hydrogen (secondary N) is 2. The summed E-state index contributed by atoms with van der Waals surface area (Å²) < 4.78 is 18.2. The first-order valence-electron chi connectivity index (χ1n) is 17.6. The number of amides is 2. The molecule has 0 radical (unpaired) electrons. The number of likely N-dealkylation sites (tertiary alicyclic amines) is 1. The molecule has 2 saturated heterocycles. The summed E-state index contributed by atoms with van der Waals surface area (Å²) >= 11 is 0. The summed E-state index contributed by atoms with van der Waals surface area (Å²) in [5, 5.41) is 25.3. The highest BCUT2D eigenvalue weighted by atomic mass is 16.7. The van der Waals surface area contributed by atoms with Crippen molar-refractivity contribution in [1.29, 1.82) is 0 Å². The van der Waals surface area contributed by atoms with Gasteiger partial charge in [0.1, 0.15) is 6.04 Å². The van der Waals surface area contributed by atoms with Crippen LogP contribution in [-0.4, -0.2) is 72.1 Å². The molecule has 6 rings (SSSR count). The van der Waals surface area contributed by atoms with Gasteiger partial charge in [-0.15, -0.1) is 0 Å². The summed E-state index contributed by atoms with van der Waals surface area (Å²) in [6.07, 6.45) is -0.121. The Morgan fingerprint density at radius 2 is 1.61 bits per heavy atom. The minimum absolute atomic E-state index is 0.0131. The predicted octanol–water partition coefficient (Wildman–Crippen LogP) is 5.29. The zero-order valence-electron chi connectivity index (χ0n) is 29.1. The third-order valence-electron chi connectivity index (χ3n) is 9.78. The molecule has 10 heteroatoms. The smallest absolute Gasteiger partial charge is 0.328 e. The first kappa shape index (κ1) is 36.2. The van der Waals surface area contributed by atoms with Gasteiger partial charge < -0.3 is 35.1 Å². The van der Waals surface area contributed by atoms with E-state index in [0.29, 0.717) is 19.5 Å². The van der Waals surface area contributed by atoms with Gasteiger partial charge in [0, 0.05) is 44.1 Å². The third-order valence-corrected chi connectivity index (χ3v) is 9.78. The Hall–Kier alpha value is -4.58. The minimum Gasteiger partial charge on any atom is -0.467 e. The maximum absolute atomic E-state index is 12.8. The first-order chi connectivity index (χ1) is 24.8. The second-order valence-electron chi connectivity index (χ2n) is 13.4. The molecule has 2 fully saturated rings. The van der Waals surface area contributed by atoms with Crippen molar-refractivity contribution in [3.63, 3.8) is 0 Å². The number of methoxy groups -OCH3 is 1. The van der Waals surface area contributed by atoms with E-state index in [1.165, 1.54) is 7.11 Å². The maximum Gasteiger partial charge on any atom is 0.328 e. The monoisotopic (exact) mass is 693 g/mol. The van der Waals surface area contributed by atoms with Crippen LogP contribution >= 0.6 is 0 Å². The first-order valence-corrected chi connectivity index (χ1v) is 17.6. The number of rotatable bonds is 12. The van der Waals surface area contributed by atoms with Crippen LogP contribution in [0.4, 0.5) is 4.79 Å². The molecule has 2 aliphatic heterocycles. The molecule has 268 valence electrons. The Morgan fingerprint density at radius 3 is 2.29 bits per heavy atom. The lowest BCUT2D eigenvalue weighted by Crippen LogP contribution is -2.47. The maximum atomic E-state index is 12.8. The number of aliphatic hydroxyl groups excluding tert-OH is 2. The van der Waals surface area contributed by atoms with Gasteiger partial charge in [0.05, 0.1) is 32.0 Å². The van der Waals surface area contributed by atoms with E-state index >= 15 is 0 Å². The number of hydrogen-bond donors (Lipinski definition) is 4. The molecule has 2 heterocycles. The molecule has 6 atom stereocenters. The number of β-amino-alcohol motifs (C(OH)–C–C–N with tert-alkyl or cyclic N) is 1. The summed E-state index contributed by atoms with van der Waals surface area (Å²) in [4.78, 5) is 27.4. The van der Waals surface area contributed by atoms with Gasteiger partial charge in [-0.1, -0.05) is 104 Å². The van der Waals surface area contributed by atoms with Crippen LogP contribution in [0.5, 0.6) is 0 Å². The number of ether oxygens (including phenoxy) is 3. The van der Waals surface area contributed by atoms with Gasteiger partial charge in [-0.2, -0.15) is 0 Å². The van der Waals surface area contributed by atoms with Crippen LogP contribution in [0.1, 0.15) is 53.6 Å². The summed E-state index contributed by atoms with van der Waals surface area (Å²) in [5.74, 6) is -0.445.